The van der Waals surface area contributed by atoms with Crippen molar-refractivity contribution in [2.24, 2.45) is 7.05 Å². The Labute approximate surface area is 183 Å². The minimum absolute atomic E-state index is 0.116. The Morgan fingerprint density at radius 2 is 1.97 bits per heavy atom. The maximum atomic E-state index is 13.1. The summed E-state index contributed by atoms with van der Waals surface area (Å²) >= 11 is 6.08. The Morgan fingerprint density at radius 3 is 2.77 bits per heavy atom. The number of carbonyl (C=O) groups excluding carboxylic acids is 1. The Hall–Kier alpha value is -3.84. The lowest BCUT2D eigenvalue weighted by atomic mass is 10.1. The van der Waals surface area contributed by atoms with E-state index in [1.165, 1.54) is 4.90 Å². The van der Waals surface area contributed by atoms with E-state index in [1.807, 2.05) is 25.4 Å². The molecule has 8 heteroatoms. The molecule has 0 aliphatic carbocycles. The molecule has 0 radical (unpaired) electrons. The molecule has 0 spiro atoms. The Morgan fingerprint density at radius 1 is 1.10 bits per heavy atom. The van der Waals surface area contributed by atoms with Crippen molar-refractivity contribution in [2.45, 2.75) is 0 Å². The first-order chi connectivity index (χ1) is 15.1. The third-order valence-corrected chi connectivity index (χ3v) is 5.10. The molecule has 1 aliphatic rings. The second kappa shape index (κ2) is 7.77. The van der Waals surface area contributed by atoms with Gasteiger partial charge >= 0.3 is 0 Å². The molecule has 0 atom stereocenters. The van der Waals surface area contributed by atoms with Crippen LogP contribution in [0.25, 0.3) is 11.3 Å². The van der Waals surface area contributed by atoms with Gasteiger partial charge in [0.25, 0.3) is 5.91 Å². The zero-order valence-corrected chi connectivity index (χ0v) is 17.3. The van der Waals surface area contributed by atoms with Gasteiger partial charge in [-0.05, 0) is 42.5 Å². The van der Waals surface area contributed by atoms with Crippen LogP contribution < -0.4 is 14.4 Å². The van der Waals surface area contributed by atoms with Crippen LogP contribution in [0.5, 0.6) is 17.2 Å². The van der Waals surface area contributed by atoms with E-state index in [0.29, 0.717) is 33.5 Å². The molecule has 2 aromatic heterocycles. The van der Waals surface area contributed by atoms with Gasteiger partial charge in [0.2, 0.25) is 0 Å². The van der Waals surface area contributed by atoms with Crippen LogP contribution in [0.1, 0.15) is 10.4 Å². The summed E-state index contributed by atoms with van der Waals surface area (Å²) in [5.74, 6) is 1.46. The van der Waals surface area contributed by atoms with Crippen molar-refractivity contribution in [2.75, 3.05) is 11.6 Å². The van der Waals surface area contributed by atoms with Gasteiger partial charge < -0.3 is 9.47 Å². The van der Waals surface area contributed by atoms with Gasteiger partial charge in [-0.1, -0.05) is 17.7 Å². The first-order valence-corrected chi connectivity index (χ1v) is 9.92. The predicted octanol–water partition coefficient (Wildman–Crippen LogP) is 4.92. The van der Waals surface area contributed by atoms with E-state index in [1.54, 1.807) is 59.5 Å². The van der Waals surface area contributed by atoms with Gasteiger partial charge in [0.15, 0.2) is 6.73 Å². The standard InChI is InChI=1S/C23H17ClN4O3/c1-27-13-15(12-26-27)21-11-19(7-8-25-21)31-18-5-6-22-20(10-18)23(29)28(14-30-22)17-4-2-3-16(24)9-17/h2-13H,14H2,1H3. The quantitative estimate of drug-likeness (QED) is 0.457. The van der Waals surface area contributed by atoms with Crippen molar-refractivity contribution in [3.63, 3.8) is 0 Å². The first kappa shape index (κ1) is 19.1. The van der Waals surface area contributed by atoms with Crippen LogP contribution in [-0.4, -0.2) is 27.4 Å². The number of hydrogen-bond acceptors (Lipinski definition) is 5. The summed E-state index contributed by atoms with van der Waals surface area (Å²) in [6, 6.07) is 15.9. The van der Waals surface area contributed by atoms with Crippen molar-refractivity contribution in [3.05, 3.63) is 83.8 Å². The first-order valence-electron chi connectivity index (χ1n) is 9.54. The van der Waals surface area contributed by atoms with E-state index in [9.17, 15) is 4.79 Å². The number of amides is 1. The van der Waals surface area contributed by atoms with Gasteiger partial charge in [0.05, 0.1) is 17.5 Å². The smallest absolute Gasteiger partial charge is 0.264 e. The Bertz CT molecular complexity index is 1290. The SMILES string of the molecule is Cn1cc(-c2cc(Oc3ccc4c(c3)C(=O)N(c3cccc(Cl)c3)CO4)ccn2)cn1. The van der Waals surface area contributed by atoms with Crippen molar-refractivity contribution >= 4 is 23.2 Å². The van der Waals surface area contributed by atoms with E-state index in [2.05, 4.69) is 10.1 Å². The minimum atomic E-state index is -0.181. The van der Waals surface area contributed by atoms with E-state index in [0.717, 1.165) is 11.3 Å². The summed E-state index contributed by atoms with van der Waals surface area (Å²) in [5.41, 5.74) is 2.73. The molecular weight excluding hydrogens is 416 g/mol. The number of hydrogen-bond donors (Lipinski definition) is 0. The van der Waals surface area contributed by atoms with Crippen molar-refractivity contribution < 1.29 is 14.3 Å². The van der Waals surface area contributed by atoms with Crippen molar-refractivity contribution in [3.8, 4) is 28.5 Å². The molecule has 1 amide bonds. The van der Waals surface area contributed by atoms with Gasteiger partial charge in [-0.15, -0.1) is 0 Å². The maximum Gasteiger partial charge on any atom is 0.264 e. The van der Waals surface area contributed by atoms with Crippen LogP contribution in [0, 0.1) is 0 Å². The molecule has 31 heavy (non-hydrogen) atoms. The van der Waals surface area contributed by atoms with Crippen LogP contribution in [0.4, 0.5) is 5.69 Å². The number of fused-ring (bicyclic) bond motifs is 1. The lowest BCUT2D eigenvalue weighted by molar-refractivity contribution is 0.0936. The summed E-state index contributed by atoms with van der Waals surface area (Å²) in [5, 5.41) is 4.72. The highest BCUT2D eigenvalue weighted by Gasteiger charge is 2.27. The fourth-order valence-electron chi connectivity index (χ4n) is 3.36. The molecule has 0 fully saturated rings. The summed E-state index contributed by atoms with van der Waals surface area (Å²) in [7, 11) is 1.85. The van der Waals surface area contributed by atoms with E-state index in [4.69, 9.17) is 21.1 Å². The van der Waals surface area contributed by atoms with Gasteiger partial charge in [-0.3, -0.25) is 19.4 Å². The highest BCUT2D eigenvalue weighted by Crippen LogP contribution is 2.34. The number of ether oxygens (including phenoxy) is 2. The molecule has 0 N–H and O–H groups in total. The molecule has 0 unspecified atom stereocenters. The average molecular weight is 433 g/mol. The summed E-state index contributed by atoms with van der Waals surface area (Å²) < 4.78 is 13.5. The van der Waals surface area contributed by atoms with E-state index in [-0.39, 0.29) is 12.6 Å². The second-order valence-electron chi connectivity index (χ2n) is 7.03. The van der Waals surface area contributed by atoms with Gasteiger partial charge in [-0.2, -0.15) is 5.10 Å². The number of anilines is 1. The molecular formula is C23H17ClN4O3. The van der Waals surface area contributed by atoms with Crippen LogP contribution in [0.2, 0.25) is 5.02 Å². The van der Waals surface area contributed by atoms with Crippen LogP contribution in [-0.2, 0) is 7.05 Å². The lowest BCUT2D eigenvalue weighted by Crippen LogP contribution is -2.38. The molecule has 4 aromatic rings. The molecule has 1 aliphatic heterocycles. The third kappa shape index (κ3) is 3.83. The monoisotopic (exact) mass is 432 g/mol. The Kier molecular flexibility index (Phi) is 4.80. The summed E-state index contributed by atoms with van der Waals surface area (Å²) in [6.07, 6.45) is 5.29. The van der Waals surface area contributed by atoms with Gasteiger partial charge in [0, 0.05) is 41.8 Å². The Balaban J connectivity index is 1.41. The number of benzene rings is 2. The second-order valence-corrected chi connectivity index (χ2v) is 7.46. The maximum absolute atomic E-state index is 13.1. The van der Waals surface area contributed by atoms with Crippen LogP contribution in [0.3, 0.4) is 0 Å². The number of aryl methyl sites for hydroxylation is 1. The summed E-state index contributed by atoms with van der Waals surface area (Å²) in [4.78, 5) is 19.0. The largest absolute Gasteiger partial charge is 0.472 e. The van der Waals surface area contributed by atoms with Gasteiger partial charge in [0.1, 0.15) is 17.2 Å². The molecule has 0 saturated carbocycles. The van der Waals surface area contributed by atoms with Crippen LogP contribution >= 0.6 is 11.6 Å². The number of rotatable bonds is 4. The van der Waals surface area contributed by atoms with E-state index < -0.39 is 0 Å². The highest BCUT2D eigenvalue weighted by atomic mass is 35.5. The topological polar surface area (TPSA) is 69.5 Å². The highest BCUT2D eigenvalue weighted by molar-refractivity contribution is 6.31. The number of aromatic nitrogens is 3. The molecule has 5 rings (SSSR count). The lowest BCUT2D eigenvalue weighted by Gasteiger charge is -2.29. The molecule has 2 aromatic carbocycles. The van der Waals surface area contributed by atoms with Crippen LogP contribution in [0.15, 0.2) is 73.2 Å². The zero-order valence-electron chi connectivity index (χ0n) is 16.5. The average Bonchev–Trinajstić information content (AvgIpc) is 3.21. The van der Waals surface area contributed by atoms with Gasteiger partial charge in [-0.25, -0.2) is 0 Å². The fraction of sp³-hybridized carbons (Fsp3) is 0.0870. The normalized spacial score (nSPS) is 13.0. The summed E-state index contributed by atoms with van der Waals surface area (Å²) in [6.45, 7) is 0.116. The number of halogens is 1. The predicted molar refractivity (Wildman–Crippen MR) is 117 cm³/mol. The third-order valence-electron chi connectivity index (χ3n) is 4.86. The number of nitrogens with zero attached hydrogens (tertiary/aromatic N) is 4. The van der Waals surface area contributed by atoms with Crippen molar-refractivity contribution in [1.29, 1.82) is 0 Å². The molecule has 154 valence electrons. The number of carbonyl (C=O) groups is 1. The fourth-order valence-corrected chi connectivity index (χ4v) is 3.55. The molecule has 3 heterocycles. The zero-order chi connectivity index (χ0) is 21.4. The van der Waals surface area contributed by atoms with E-state index >= 15 is 0 Å². The molecule has 7 nitrogen and oxygen atoms in total. The van der Waals surface area contributed by atoms with Crippen molar-refractivity contribution in [1.82, 2.24) is 14.8 Å². The molecule has 0 saturated heterocycles. The molecule has 0 bridgehead atoms. The minimum Gasteiger partial charge on any atom is -0.472 e. The number of pyridine rings is 1.